The van der Waals surface area contributed by atoms with Crippen LogP contribution in [0.15, 0.2) is 72.9 Å². The third kappa shape index (κ3) is 22.2. The van der Waals surface area contributed by atoms with Crippen molar-refractivity contribution >= 4 is 76.9 Å². The van der Waals surface area contributed by atoms with Crippen LogP contribution in [0, 0.1) is 23.0 Å². The molecule has 1 aromatic heterocycles. The van der Waals surface area contributed by atoms with Crippen LogP contribution in [0.1, 0.15) is 104 Å². The number of carbonyl (C=O) groups is 11. The van der Waals surface area contributed by atoms with Crippen molar-refractivity contribution in [1.82, 2.24) is 41.0 Å². The van der Waals surface area contributed by atoms with E-state index in [2.05, 4.69) is 31.3 Å². The van der Waals surface area contributed by atoms with Gasteiger partial charge in [-0.1, -0.05) is 71.4 Å². The molecular weight excluding hydrogens is 1140 g/mol. The number of unbranched alkanes of at least 4 members (excludes halogenated alkanes) is 2. The first kappa shape index (κ1) is 69.5. The average Bonchev–Trinajstić information content (AvgIpc) is 3.38. The first-order chi connectivity index (χ1) is 39.9. The van der Waals surface area contributed by atoms with Gasteiger partial charge < -0.3 is 52.3 Å². The first-order valence-electron chi connectivity index (χ1n) is 27.3. The van der Waals surface area contributed by atoms with Gasteiger partial charge in [-0.15, -0.1) is 0 Å². The summed E-state index contributed by atoms with van der Waals surface area (Å²) in [5.41, 5.74) is 11.3. The number of thioether (sulfide) groups is 1. The Balaban J connectivity index is 1.52. The minimum Gasteiger partial charge on any atom is -0.385 e. The van der Waals surface area contributed by atoms with Crippen molar-refractivity contribution in [2.45, 2.75) is 129 Å². The van der Waals surface area contributed by atoms with Crippen LogP contribution in [0.3, 0.4) is 0 Å². The van der Waals surface area contributed by atoms with Crippen molar-refractivity contribution in [2.75, 3.05) is 37.7 Å². The number of nitrogens with one attached hydrogen (secondary N) is 5. The van der Waals surface area contributed by atoms with E-state index in [1.165, 1.54) is 19.1 Å². The fourth-order valence-corrected chi connectivity index (χ4v) is 9.65. The predicted octanol–water partition coefficient (Wildman–Crippen LogP) is 3.59. The number of ether oxygens (including phenoxy) is 1. The maximum atomic E-state index is 15.5. The van der Waals surface area contributed by atoms with E-state index in [4.69, 9.17) is 11.5 Å². The molecule has 3 aromatic rings. The molecule has 9 N–H and O–H groups in total. The summed E-state index contributed by atoms with van der Waals surface area (Å²) in [6.45, 7) is 9.93. The van der Waals surface area contributed by atoms with Gasteiger partial charge in [0.25, 0.3) is 11.8 Å². The summed E-state index contributed by atoms with van der Waals surface area (Å²) < 4.78 is 74.9. The summed E-state index contributed by atoms with van der Waals surface area (Å²) in [5.74, 6) is -13.0. The van der Waals surface area contributed by atoms with Gasteiger partial charge in [0.1, 0.15) is 29.8 Å². The standard InChI is InChI=1S/C57H73F5N10O12S/c1-33(2)49(69-43(73)16-11-8-12-23-71-46(76)19-20-47(71)77)53(81)67-34(3)52(80)65-22-13-24-72(50(56(4,5)6)42-26-36(38-27-37(58)17-18-39(38)59)31-70(42)30-35-14-9-7-10-15-35)48(78)32-85-25-21-44(74)68-41(54(82)84-55(83)57(60,61)62)29-66-45(75)28-40(63)51(64)79/h7,9-10,14-15,17-20,26-27,31,33-34,40-41,49-50H,8,11-13,16,21-25,28-30,32,63H2,1-6H3,(H2,64,79)(H,65,80)(H,66,75)(H,67,81)(H,68,74)(H,69,73)/t34-,40-,41+,49-,50-/m0/s1. The molecule has 0 aliphatic carbocycles. The van der Waals surface area contributed by atoms with Crippen molar-refractivity contribution in [1.29, 1.82) is 0 Å². The summed E-state index contributed by atoms with van der Waals surface area (Å²) in [7, 11) is 0. The summed E-state index contributed by atoms with van der Waals surface area (Å²) in [6.07, 6.45) is -1.12. The molecule has 0 saturated carbocycles. The van der Waals surface area contributed by atoms with Gasteiger partial charge in [0.2, 0.25) is 41.4 Å². The van der Waals surface area contributed by atoms with E-state index in [1.807, 2.05) is 55.7 Å². The van der Waals surface area contributed by atoms with Crippen LogP contribution in [0.4, 0.5) is 22.0 Å². The minimum atomic E-state index is -5.60. The first-order valence-corrected chi connectivity index (χ1v) is 28.4. The molecule has 0 bridgehead atoms. The lowest BCUT2D eigenvalue weighted by molar-refractivity contribution is -0.202. The maximum absolute atomic E-state index is 15.5. The summed E-state index contributed by atoms with van der Waals surface area (Å²) in [4.78, 5) is 142. The SMILES string of the molecule is CC(C)[C@H](NC(=O)CCCCCN1C(=O)C=CC1=O)C(=O)N[C@@H](C)C(=O)NCCCN(C(=O)CSCCC(=O)N[C@H](CNC(=O)C[C@H](N)C(N)=O)C(=O)OC(=O)C(F)(F)F)[C@@H](c1cc(-c2cc(F)ccc2F)cn1Cc1ccccc1)C(C)(C)C. The van der Waals surface area contributed by atoms with Crippen LogP contribution in [0.25, 0.3) is 11.1 Å². The summed E-state index contributed by atoms with van der Waals surface area (Å²) >= 11 is 0.946. The monoisotopic (exact) mass is 1220 g/mol. The fourth-order valence-electron chi connectivity index (χ4n) is 8.83. The lowest BCUT2D eigenvalue weighted by Crippen LogP contribution is -2.54. The van der Waals surface area contributed by atoms with E-state index in [0.717, 1.165) is 40.4 Å². The minimum absolute atomic E-state index is 0.0325. The van der Waals surface area contributed by atoms with Gasteiger partial charge in [-0.3, -0.25) is 48.1 Å². The molecule has 22 nitrogen and oxygen atoms in total. The van der Waals surface area contributed by atoms with Crippen LogP contribution in [-0.4, -0.2) is 147 Å². The predicted molar refractivity (Wildman–Crippen MR) is 301 cm³/mol. The Labute approximate surface area is 492 Å². The quantitative estimate of drug-likeness (QED) is 0.0155. The van der Waals surface area contributed by atoms with Crippen LogP contribution in [-0.2, 0) is 64.0 Å². The fraction of sp³-hybridized carbons (Fsp3) is 0.491. The third-order valence-electron chi connectivity index (χ3n) is 13.2. The van der Waals surface area contributed by atoms with E-state index in [1.54, 1.807) is 31.0 Å². The number of hydrogen-bond donors (Lipinski definition) is 7. The smallest absolute Gasteiger partial charge is 0.385 e. The van der Waals surface area contributed by atoms with Gasteiger partial charge >= 0.3 is 18.1 Å². The number of nitrogens with zero attached hydrogens (tertiary/aromatic N) is 3. The summed E-state index contributed by atoms with van der Waals surface area (Å²) in [6, 6.07) is 7.42. The normalized spacial score (nSPS) is 14.2. The molecule has 0 unspecified atom stereocenters. The van der Waals surface area contributed by atoms with E-state index >= 15 is 4.39 Å². The van der Waals surface area contributed by atoms with Gasteiger partial charge in [-0.05, 0) is 67.3 Å². The molecule has 0 fully saturated rings. The topological polar surface area (TPSA) is 321 Å². The number of esters is 2. The van der Waals surface area contributed by atoms with Crippen molar-refractivity contribution in [3.8, 4) is 11.1 Å². The lowest BCUT2D eigenvalue weighted by Gasteiger charge is -2.41. The number of imide groups is 1. The van der Waals surface area contributed by atoms with E-state index < -0.39 is 138 Å². The Morgan fingerprint density at radius 2 is 1.44 bits per heavy atom. The highest BCUT2D eigenvalue weighted by Crippen LogP contribution is 2.41. The third-order valence-corrected chi connectivity index (χ3v) is 14.1. The Morgan fingerprint density at radius 3 is 2.06 bits per heavy atom. The van der Waals surface area contributed by atoms with Gasteiger partial charge in [-0.2, -0.15) is 24.9 Å². The number of benzene rings is 2. The highest BCUT2D eigenvalue weighted by molar-refractivity contribution is 7.99. The molecule has 464 valence electrons. The number of rotatable bonds is 32. The van der Waals surface area contributed by atoms with Crippen LogP contribution >= 0.6 is 11.8 Å². The Bertz CT molecular complexity index is 2920. The number of nitrogens with two attached hydrogens (primary N) is 2. The second-order valence-electron chi connectivity index (χ2n) is 21.5. The summed E-state index contributed by atoms with van der Waals surface area (Å²) in [5, 5.41) is 12.3. The second kappa shape index (κ2) is 32.3. The average molecular weight is 1220 g/mol. The van der Waals surface area contributed by atoms with E-state index in [0.29, 0.717) is 30.5 Å². The Kier molecular flexibility index (Phi) is 26.4. The molecule has 5 atom stereocenters. The Morgan fingerprint density at radius 1 is 0.776 bits per heavy atom. The molecule has 0 spiro atoms. The van der Waals surface area contributed by atoms with Gasteiger partial charge in [0.15, 0.2) is 0 Å². The maximum Gasteiger partial charge on any atom is 0.491 e. The molecule has 28 heteroatoms. The number of halogens is 5. The second-order valence-corrected chi connectivity index (χ2v) is 22.6. The van der Waals surface area contributed by atoms with E-state index in [-0.39, 0.29) is 62.0 Å². The van der Waals surface area contributed by atoms with Crippen molar-refractivity contribution in [3.05, 3.63) is 95.8 Å². The molecule has 85 heavy (non-hydrogen) atoms. The van der Waals surface area contributed by atoms with Crippen molar-refractivity contribution < 1.29 is 79.4 Å². The molecule has 4 rings (SSSR count). The number of hydrogen-bond acceptors (Lipinski definition) is 14. The highest BCUT2D eigenvalue weighted by Gasteiger charge is 2.44. The highest BCUT2D eigenvalue weighted by atomic mass is 32.2. The Hall–Kier alpha value is -8.01. The van der Waals surface area contributed by atoms with Gasteiger partial charge in [-0.25, -0.2) is 18.4 Å². The van der Waals surface area contributed by atoms with Crippen LogP contribution in [0.5, 0.6) is 0 Å². The van der Waals surface area contributed by atoms with E-state index in [9.17, 15) is 70.3 Å². The molecule has 9 amide bonds. The molecule has 2 aromatic carbocycles. The molecule has 2 heterocycles. The number of amides is 9. The zero-order valence-corrected chi connectivity index (χ0v) is 48.8. The number of aromatic nitrogens is 1. The number of primary amides is 1. The van der Waals surface area contributed by atoms with Crippen molar-refractivity contribution in [3.63, 3.8) is 0 Å². The molecular formula is C57H73F5N10O12S. The largest absolute Gasteiger partial charge is 0.491 e. The lowest BCUT2D eigenvalue weighted by atomic mass is 9.83. The van der Waals surface area contributed by atoms with Gasteiger partial charge in [0.05, 0.1) is 24.3 Å². The number of carbonyl (C=O) groups excluding carboxylic acids is 11. The molecule has 0 radical (unpaired) electrons. The van der Waals surface area contributed by atoms with Crippen molar-refractivity contribution in [2.24, 2.45) is 22.8 Å². The molecule has 1 aliphatic rings. The zero-order chi connectivity index (χ0) is 63.3. The van der Waals surface area contributed by atoms with Crippen LogP contribution < -0.4 is 38.1 Å². The van der Waals surface area contributed by atoms with Crippen LogP contribution in [0.2, 0.25) is 0 Å². The molecule has 0 saturated heterocycles. The molecule has 1 aliphatic heterocycles. The van der Waals surface area contributed by atoms with Gasteiger partial charge in [0, 0.05) is 86.5 Å². The number of alkyl halides is 3. The zero-order valence-electron chi connectivity index (χ0n) is 48.0.